The van der Waals surface area contributed by atoms with Gasteiger partial charge in [-0.3, -0.25) is 9.59 Å². The van der Waals surface area contributed by atoms with Gasteiger partial charge in [0.2, 0.25) is 0 Å². The number of thiophene rings is 1. The van der Waals surface area contributed by atoms with Crippen molar-refractivity contribution in [1.82, 2.24) is 14.7 Å². The zero-order chi connectivity index (χ0) is 18.2. The summed E-state index contributed by atoms with van der Waals surface area (Å²) < 4.78 is 2.44. The molecule has 7 heteroatoms. The summed E-state index contributed by atoms with van der Waals surface area (Å²) in [5.41, 5.74) is 0.639. The second kappa shape index (κ2) is 7.03. The van der Waals surface area contributed by atoms with Crippen molar-refractivity contribution < 1.29 is 4.79 Å². The fraction of sp³-hybridized carbons (Fsp3) is 0.500. The molecule has 2 aromatic heterocycles. The normalized spacial score (nSPS) is 17.9. The molecule has 5 nitrogen and oxygen atoms in total. The topological polar surface area (TPSA) is 55.2 Å². The van der Waals surface area contributed by atoms with Crippen molar-refractivity contribution in [3.63, 3.8) is 0 Å². The summed E-state index contributed by atoms with van der Waals surface area (Å²) in [6, 6.07) is 5.23. The first-order valence-corrected chi connectivity index (χ1v) is 10.1. The molecule has 0 bridgehead atoms. The van der Waals surface area contributed by atoms with E-state index in [0.717, 1.165) is 34.4 Å². The lowest BCUT2D eigenvalue weighted by atomic mass is 9.92. The van der Waals surface area contributed by atoms with E-state index in [-0.39, 0.29) is 22.9 Å². The van der Waals surface area contributed by atoms with Gasteiger partial charge in [-0.25, -0.2) is 4.68 Å². The summed E-state index contributed by atoms with van der Waals surface area (Å²) in [6.07, 6.45) is 1.85. The Balaban J connectivity index is 1.82. The monoisotopic (exact) mass is 423 g/mol. The van der Waals surface area contributed by atoms with Gasteiger partial charge >= 0.3 is 0 Å². The maximum atomic E-state index is 12.8. The van der Waals surface area contributed by atoms with Gasteiger partial charge in [-0.2, -0.15) is 5.10 Å². The second-order valence-corrected chi connectivity index (χ2v) is 9.24. The van der Waals surface area contributed by atoms with E-state index >= 15 is 0 Å². The van der Waals surface area contributed by atoms with Crippen LogP contribution >= 0.6 is 27.3 Å². The summed E-state index contributed by atoms with van der Waals surface area (Å²) in [4.78, 5) is 27.6. The number of amides is 1. The Morgan fingerprint density at radius 1 is 1.40 bits per heavy atom. The van der Waals surface area contributed by atoms with E-state index in [4.69, 9.17) is 0 Å². The molecule has 3 rings (SSSR count). The lowest BCUT2D eigenvalue weighted by Crippen LogP contribution is -2.40. The van der Waals surface area contributed by atoms with Crippen LogP contribution in [0.25, 0.3) is 0 Å². The van der Waals surface area contributed by atoms with Gasteiger partial charge in [0, 0.05) is 27.9 Å². The Morgan fingerprint density at radius 2 is 2.16 bits per heavy atom. The smallest absolute Gasteiger partial charge is 0.266 e. The van der Waals surface area contributed by atoms with Crippen LogP contribution in [0, 0.1) is 0 Å². The van der Waals surface area contributed by atoms with Crippen LogP contribution in [0.3, 0.4) is 0 Å². The van der Waals surface area contributed by atoms with Gasteiger partial charge in [0.25, 0.3) is 11.5 Å². The molecule has 3 heterocycles. The molecule has 0 radical (unpaired) electrons. The van der Waals surface area contributed by atoms with E-state index in [9.17, 15) is 9.59 Å². The van der Waals surface area contributed by atoms with Gasteiger partial charge in [0.15, 0.2) is 0 Å². The second-order valence-electron chi connectivity index (χ2n) is 7.41. The number of aromatic nitrogens is 2. The molecule has 0 aliphatic carbocycles. The molecule has 1 saturated heterocycles. The molecular formula is C18H22BrN3O2S. The highest BCUT2D eigenvalue weighted by Crippen LogP contribution is 2.26. The maximum absolute atomic E-state index is 12.8. The van der Waals surface area contributed by atoms with Crippen LogP contribution in [-0.2, 0) is 12.0 Å². The predicted octanol–water partition coefficient (Wildman–Crippen LogP) is 3.67. The summed E-state index contributed by atoms with van der Waals surface area (Å²) >= 11 is 4.84. The Labute approximate surface area is 159 Å². The third-order valence-corrected chi connectivity index (χ3v) is 6.11. The average Bonchev–Trinajstić information content (AvgIpc) is 3.16. The van der Waals surface area contributed by atoms with Gasteiger partial charge in [-0.15, -0.1) is 11.3 Å². The van der Waals surface area contributed by atoms with Crippen LogP contribution in [0.1, 0.15) is 49.0 Å². The maximum Gasteiger partial charge on any atom is 0.266 e. The fourth-order valence-corrected chi connectivity index (χ4v) is 4.42. The Kier molecular flexibility index (Phi) is 5.16. The molecule has 1 fully saturated rings. The van der Waals surface area contributed by atoms with Gasteiger partial charge in [-0.1, -0.05) is 20.8 Å². The molecule has 0 aromatic carbocycles. The minimum Gasteiger partial charge on any atom is -0.333 e. The van der Waals surface area contributed by atoms with E-state index in [1.165, 1.54) is 16.0 Å². The largest absolute Gasteiger partial charge is 0.333 e. The number of nitrogens with zero attached hydrogens (tertiary/aromatic N) is 3. The molecule has 0 saturated carbocycles. The van der Waals surface area contributed by atoms with Crippen molar-refractivity contribution in [2.45, 2.75) is 51.6 Å². The van der Waals surface area contributed by atoms with E-state index < -0.39 is 0 Å². The van der Waals surface area contributed by atoms with Crippen molar-refractivity contribution in [3.05, 3.63) is 49.0 Å². The van der Waals surface area contributed by atoms with Gasteiger partial charge < -0.3 is 4.90 Å². The zero-order valence-corrected chi connectivity index (χ0v) is 17.1. The standard InChI is InChI=1S/C18H22BrN3O2S/c1-18(2,3)15-6-7-16(23)22(20-15)10-13-5-4-8-21(13)17(24)14-9-12(19)11-25-14/h6-7,9,11,13H,4-5,8,10H2,1-3H3. The van der Waals surface area contributed by atoms with E-state index in [2.05, 4.69) is 41.8 Å². The summed E-state index contributed by atoms with van der Waals surface area (Å²) in [7, 11) is 0. The van der Waals surface area contributed by atoms with Crippen LogP contribution in [-0.4, -0.2) is 33.2 Å². The van der Waals surface area contributed by atoms with E-state index in [1.807, 2.05) is 16.3 Å². The third-order valence-electron chi connectivity index (χ3n) is 4.43. The molecule has 1 amide bonds. The highest BCUT2D eigenvalue weighted by Gasteiger charge is 2.31. The first-order valence-electron chi connectivity index (χ1n) is 8.39. The summed E-state index contributed by atoms with van der Waals surface area (Å²) in [5, 5.41) is 6.45. The zero-order valence-electron chi connectivity index (χ0n) is 14.7. The molecule has 1 aliphatic rings. The Bertz CT molecular complexity index is 837. The van der Waals surface area contributed by atoms with Crippen molar-refractivity contribution in [2.24, 2.45) is 0 Å². The number of hydrogen-bond donors (Lipinski definition) is 0. The van der Waals surface area contributed by atoms with Crippen LogP contribution in [0.5, 0.6) is 0 Å². The molecule has 0 spiro atoms. The predicted molar refractivity (Wildman–Crippen MR) is 103 cm³/mol. The average molecular weight is 424 g/mol. The van der Waals surface area contributed by atoms with Crippen LogP contribution < -0.4 is 5.56 Å². The number of carbonyl (C=O) groups excluding carboxylic acids is 1. The quantitative estimate of drug-likeness (QED) is 0.756. The molecule has 25 heavy (non-hydrogen) atoms. The first kappa shape index (κ1) is 18.3. The lowest BCUT2D eigenvalue weighted by molar-refractivity contribution is 0.0725. The first-order chi connectivity index (χ1) is 11.8. The summed E-state index contributed by atoms with van der Waals surface area (Å²) in [5.74, 6) is 0.0400. The van der Waals surface area contributed by atoms with E-state index in [0.29, 0.717) is 6.54 Å². The number of likely N-dealkylation sites (tertiary alicyclic amines) is 1. The number of rotatable bonds is 3. The lowest BCUT2D eigenvalue weighted by Gasteiger charge is -2.25. The highest BCUT2D eigenvalue weighted by atomic mass is 79.9. The molecule has 1 atom stereocenters. The number of hydrogen-bond acceptors (Lipinski definition) is 4. The van der Waals surface area contributed by atoms with Crippen molar-refractivity contribution in [2.75, 3.05) is 6.54 Å². The van der Waals surface area contributed by atoms with Gasteiger partial charge in [0.05, 0.1) is 23.2 Å². The van der Waals surface area contributed by atoms with Crippen LogP contribution in [0.15, 0.2) is 32.8 Å². The van der Waals surface area contributed by atoms with E-state index in [1.54, 1.807) is 12.1 Å². The minimum atomic E-state index is -0.121. The molecule has 2 aromatic rings. The Hall–Kier alpha value is -1.47. The van der Waals surface area contributed by atoms with Crippen molar-refractivity contribution in [3.8, 4) is 0 Å². The van der Waals surface area contributed by atoms with Crippen molar-refractivity contribution in [1.29, 1.82) is 0 Å². The SMILES string of the molecule is CC(C)(C)c1ccc(=O)n(CC2CCCN2C(=O)c2cc(Br)cs2)n1. The fourth-order valence-electron chi connectivity index (χ4n) is 3.04. The van der Waals surface area contributed by atoms with Gasteiger partial charge in [0.1, 0.15) is 0 Å². The number of halogens is 1. The number of carbonyl (C=O) groups is 1. The van der Waals surface area contributed by atoms with Gasteiger partial charge in [-0.05, 0) is 40.9 Å². The molecule has 1 unspecified atom stereocenters. The summed E-state index contributed by atoms with van der Waals surface area (Å²) in [6.45, 7) is 7.40. The molecular weight excluding hydrogens is 402 g/mol. The molecule has 0 N–H and O–H groups in total. The minimum absolute atomic E-state index is 0.00814. The Morgan fingerprint density at radius 3 is 2.80 bits per heavy atom. The van der Waals surface area contributed by atoms with Crippen molar-refractivity contribution >= 4 is 33.2 Å². The van der Waals surface area contributed by atoms with Crippen LogP contribution in [0.2, 0.25) is 0 Å². The van der Waals surface area contributed by atoms with Crippen LogP contribution in [0.4, 0.5) is 0 Å². The molecule has 134 valence electrons. The highest BCUT2D eigenvalue weighted by molar-refractivity contribution is 9.10. The third kappa shape index (κ3) is 4.03. The molecule has 1 aliphatic heterocycles.